The van der Waals surface area contributed by atoms with Crippen molar-refractivity contribution in [2.75, 3.05) is 13.2 Å². The Kier molecular flexibility index (Phi) is 6.76. The van der Waals surface area contributed by atoms with Gasteiger partial charge in [0, 0.05) is 21.6 Å². The van der Waals surface area contributed by atoms with Crippen molar-refractivity contribution >= 4 is 27.5 Å². The Bertz CT molecular complexity index is 407. The Balaban J connectivity index is 2.67. The zero-order chi connectivity index (χ0) is 13.5. The predicted molar refractivity (Wildman–Crippen MR) is 81.2 cm³/mol. The second kappa shape index (κ2) is 7.82. The smallest absolute Gasteiger partial charge is 0.124 e. The lowest BCUT2D eigenvalue weighted by atomic mass is 10.2. The SMILES string of the molecule is C=C(Cl)COc1ccc(Br)cc1CNCC(C)C. The van der Waals surface area contributed by atoms with Crippen LogP contribution < -0.4 is 10.1 Å². The van der Waals surface area contributed by atoms with Crippen LogP contribution in [-0.4, -0.2) is 13.2 Å². The monoisotopic (exact) mass is 331 g/mol. The van der Waals surface area contributed by atoms with Gasteiger partial charge in [-0.15, -0.1) is 0 Å². The molecular weight excluding hydrogens is 314 g/mol. The molecule has 4 heteroatoms. The summed E-state index contributed by atoms with van der Waals surface area (Å²) in [4.78, 5) is 0. The van der Waals surface area contributed by atoms with E-state index in [0.717, 1.165) is 28.9 Å². The third-order valence-electron chi connectivity index (χ3n) is 2.27. The lowest BCUT2D eigenvalue weighted by molar-refractivity contribution is 0.353. The average molecular weight is 333 g/mol. The van der Waals surface area contributed by atoms with Gasteiger partial charge in [0.05, 0.1) is 0 Å². The van der Waals surface area contributed by atoms with Crippen molar-refractivity contribution in [2.24, 2.45) is 5.92 Å². The highest BCUT2D eigenvalue weighted by Crippen LogP contribution is 2.23. The number of hydrogen-bond donors (Lipinski definition) is 1. The van der Waals surface area contributed by atoms with Crippen LogP contribution in [0.4, 0.5) is 0 Å². The molecule has 0 aromatic heterocycles. The number of benzene rings is 1. The molecule has 0 saturated carbocycles. The van der Waals surface area contributed by atoms with Crippen LogP contribution in [0.25, 0.3) is 0 Å². The van der Waals surface area contributed by atoms with Crippen LogP contribution in [0.3, 0.4) is 0 Å². The maximum Gasteiger partial charge on any atom is 0.124 e. The van der Waals surface area contributed by atoms with E-state index in [0.29, 0.717) is 17.6 Å². The quantitative estimate of drug-likeness (QED) is 0.802. The molecule has 100 valence electrons. The molecular formula is C14H19BrClNO. The Hall–Kier alpha value is -0.510. The number of ether oxygens (including phenoxy) is 1. The summed E-state index contributed by atoms with van der Waals surface area (Å²) in [6, 6.07) is 5.95. The van der Waals surface area contributed by atoms with Gasteiger partial charge in [-0.05, 0) is 30.7 Å². The van der Waals surface area contributed by atoms with E-state index in [1.165, 1.54) is 0 Å². The Morgan fingerprint density at radius 3 is 2.83 bits per heavy atom. The number of rotatable bonds is 7. The summed E-state index contributed by atoms with van der Waals surface area (Å²) >= 11 is 9.18. The third kappa shape index (κ3) is 5.89. The van der Waals surface area contributed by atoms with Gasteiger partial charge in [0.15, 0.2) is 0 Å². The van der Waals surface area contributed by atoms with E-state index < -0.39 is 0 Å². The minimum absolute atomic E-state index is 0.334. The van der Waals surface area contributed by atoms with Crippen molar-refractivity contribution < 1.29 is 4.74 Å². The van der Waals surface area contributed by atoms with Crippen LogP contribution in [0.1, 0.15) is 19.4 Å². The van der Waals surface area contributed by atoms with Crippen molar-refractivity contribution in [2.45, 2.75) is 20.4 Å². The van der Waals surface area contributed by atoms with Crippen molar-refractivity contribution in [1.82, 2.24) is 5.32 Å². The fraction of sp³-hybridized carbons (Fsp3) is 0.429. The number of halogens is 2. The summed E-state index contributed by atoms with van der Waals surface area (Å²) in [6.45, 7) is 10.1. The van der Waals surface area contributed by atoms with Crippen LogP contribution in [0.2, 0.25) is 0 Å². The maximum atomic E-state index is 5.71. The minimum Gasteiger partial charge on any atom is -0.488 e. The van der Waals surface area contributed by atoms with Gasteiger partial charge < -0.3 is 10.1 Å². The normalized spacial score (nSPS) is 10.7. The van der Waals surface area contributed by atoms with Crippen LogP contribution >= 0.6 is 27.5 Å². The maximum absolute atomic E-state index is 5.71. The highest BCUT2D eigenvalue weighted by molar-refractivity contribution is 9.10. The molecule has 18 heavy (non-hydrogen) atoms. The van der Waals surface area contributed by atoms with Crippen LogP contribution in [0, 0.1) is 5.92 Å². The van der Waals surface area contributed by atoms with Crippen molar-refractivity contribution in [1.29, 1.82) is 0 Å². The van der Waals surface area contributed by atoms with Gasteiger partial charge >= 0.3 is 0 Å². The molecule has 0 amide bonds. The van der Waals surface area contributed by atoms with Crippen molar-refractivity contribution in [3.63, 3.8) is 0 Å². The summed E-state index contributed by atoms with van der Waals surface area (Å²) in [6.07, 6.45) is 0. The average Bonchev–Trinajstić information content (AvgIpc) is 2.27. The van der Waals surface area contributed by atoms with Crippen LogP contribution in [0.15, 0.2) is 34.3 Å². The summed E-state index contributed by atoms with van der Waals surface area (Å²) < 4.78 is 6.66. The summed E-state index contributed by atoms with van der Waals surface area (Å²) in [7, 11) is 0. The lowest BCUT2D eigenvalue weighted by Gasteiger charge is -2.13. The van der Waals surface area contributed by atoms with Crippen LogP contribution in [0.5, 0.6) is 5.75 Å². The van der Waals surface area contributed by atoms with Crippen molar-refractivity contribution in [3.8, 4) is 5.75 Å². The molecule has 0 fully saturated rings. The van der Waals surface area contributed by atoms with E-state index in [2.05, 4.69) is 47.7 Å². The van der Waals surface area contributed by atoms with Gasteiger partial charge in [-0.3, -0.25) is 0 Å². The topological polar surface area (TPSA) is 21.3 Å². The molecule has 0 aliphatic heterocycles. The van der Waals surface area contributed by atoms with Gasteiger partial charge in [-0.25, -0.2) is 0 Å². The summed E-state index contributed by atoms with van der Waals surface area (Å²) in [5, 5.41) is 3.90. The fourth-order valence-corrected chi connectivity index (χ4v) is 1.94. The first kappa shape index (κ1) is 15.5. The van der Waals surface area contributed by atoms with Gasteiger partial charge in [0.2, 0.25) is 0 Å². The Morgan fingerprint density at radius 1 is 1.50 bits per heavy atom. The van der Waals surface area contributed by atoms with E-state index in [-0.39, 0.29) is 0 Å². The predicted octanol–water partition coefficient (Wildman–Crippen LogP) is 4.33. The molecule has 2 nitrogen and oxygen atoms in total. The molecule has 0 aliphatic rings. The van der Waals surface area contributed by atoms with Crippen LogP contribution in [-0.2, 0) is 6.54 Å². The molecule has 0 saturated heterocycles. The molecule has 0 spiro atoms. The molecule has 1 aromatic carbocycles. The third-order valence-corrected chi connectivity index (χ3v) is 2.88. The minimum atomic E-state index is 0.334. The van der Waals surface area contributed by atoms with E-state index in [1.54, 1.807) is 0 Å². The summed E-state index contributed by atoms with van der Waals surface area (Å²) in [5.74, 6) is 1.47. The highest BCUT2D eigenvalue weighted by atomic mass is 79.9. The first-order valence-electron chi connectivity index (χ1n) is 5.94. The number of nitrogens with one attached hydrogen (secondary N) is 1. The highest BCUT2D eigenvalue weighted by Gasteiger charge is 2.05. The second-order valence-electron chi connectivity index (χ2n) is 4.58. The first-order chi connectivity index (χ1) is 8.49. The molecule has 1 N–H and O–H groups in total. The van der Waals surface area contributed by atoms with E-state index in [4.69, 9.17) is 16.3 Å². The number of hydrogen-bond acceptors (Lipinski definition) is 2. The molecule has 0 radical (unpaired) electrons. The summed E-state index contributed by atoms with van der Waals surface area (Å²) in [5.41, 5.74) is 1.11. The fourth-order valence-electron chi connectivity index (χ4n) is 1.48. The Morgan fingerprint density at radius 2 is 2.22 bits per heavy atom. The van der Waals surface area contributed by atoms with E-state index in [9.17, 15) is 0 Å². The molecule has 0 bridgehead atoms. The molecule has 1 aromatic rings. The Labute approximate surface area is 122 Å². The van der Waals surface area contributed by atoms with Crippen molar-refractivity contribution in [3.05, 3.63) is 39.8 Å². The lowest BCUT2D eigenvalue weighted by Crippen LogP contribution is -2.19. The molecule has 0 atom stereocenters. The van der Waals surface area contributed by atoms with Gasteiger partial charge in [-0.2, -0.15) is 0 Å². The van der Waals surface area contributed by atoms with Gasteiger partial charge in [0.1, 0.15) is 12.4 Å². The van der Waals surface area contributed by atoms with Gasteiger partial charge in [-0.1, -0.05) is 48.0 Å². The molecule has 0 heterocycles. The zero-order valence-corrected chi connectivity index (χ0v) is 13.1. The zero-order valence-electron chi connectivity index (χ0n) is 10.8. The first-order valence-corrected chi connectivity index (χ1v) is 7.11. The standard InChI is InChI=1S/C14H19BrClNO/c1-10(2)7-17-8-12-6-13(15)4-5-14(12)18-9-11(3)16/h4-6,10,17H,3,7-9H2,1-2H3. The van der Waals surface area contributed by atoms with E-state index in [1.807, 2.05) is 12.1 Å². The largest absolute Gasteiger partial charge is 0.488 e. The molecule has 0 unspecified atom stereocenters. The molecule has 1 rings (SSSR count). The molecule has 0 aliphatic carbocycles. The van der Waals surface area contributed by atoms with Gasteiger partial charge in [0.25, 0.3) is 0 Å². The van der Waals surface area contributed by atoms with E-state index >= 15 is 0 Å². The second-order valence-corrected chi connectivity index (χ2v) is 6.03.